The fraction of sp³-hybridized carbons (Fsp3) is 1.00. The second kappa shape index (κ2) is 5.33. The molecule has 0 spiro atoms. The molecule has 0 aliphatic heterocycles. The van der Waals surface area contributed by atoms with Crippen LogP contribution in [-0.4, -0.2) is 0 Å². The van der Waals surface area contributed by atoms with Crippen molar-refractivity contribution in [2.24, 2.45) is 41.4 Å². The van der Waals surface area contributed by atoms with Crippen molar-refractivity contribution in [1.29, 1.82) is 0 Å². The third-order valence-corrected chi connectivity index (χ3v) is 6.35. The van der Waals surface area contributed by atoms with Crippen molar-refractivity contribution in [3.05, 3.63) is 0 Å². The van der Waals surface area contributed by atoms with Crippen LogP contribution < -0.4 is 0 Å². The Hall–Kier alpha value is 0. The van der Waals surface area contributed by atoms with Gasteiger partial charge >= 0.3 is 0 Å². The van der Waals surface area contributed by atoms with Gasteiger partial charge in [0.1, 0.15) is 0 Å². The predicted molar refractivity (Wildman–Crippen MR) is 75.9 cm³/mol. The van der Waals surface area contributed by atoms with Gasteiger partial charge in [-0.25, -0.2) is 0 Å². The standard InChI is InChI=1S/C17H32/c1-6-16-12(3)7-8-17(14(5)13(16)4)15-9-11(2)10-15/h11-17H,6-10H2,1-5H3. The Bertz CT molecular complexity index is 238. The maximum atomic E-state index is 2.55. The molecule has 0 bridgehead atoms. The van der Waals surface area contributed by atoms with Gasteiger partial charge in [-0.3, -0.25) is 0 Å². The summed E-state index contributed by atoms with van der Waals surface area (Å²) in [6.45, 7) is 12.4. The van der Waals surface area contributed by atoms with Crippen molar-refractivity contribution in [3.63, 3.8) is 0 Å². The first-order chi connectivity index (χ1) is 8.04. The lowest BCUT2D eigenvalue weighted by Crippen LogP contribution is -2.34. The van der Waals surface area contributed by atoms with Gasteiger partial charge in [-0.15, -0.1) is 0 Å². The Balaban J connectivity index is 2.04. The fourth-order valence-corrected chi connectivity index (χ4v) is 4.98. The Morgan fingerprint density at radius 2 is 1.53 bits per heavy atom. The van der Waals surface area contributed by atoms with Crippen LogP contribution in [0.5, 0.6) is 0 Å². The van der Waals surface area contributed by atoms with Crippen molar-refractivity contribution in [1.82, 2.24) is 0 Å². The van der Waals surface area contributed by atoms with Gasteiger partial charge in [-0.05, 0) is 60.7 Å². The van der Waals surface area contributed by atoms with Crippen molar-refractivity contribution >= 4 is 0 Å². The number of hydrogen-bond donors (Lipinski definition) is 0. The molecule has 0 amide bonds. The van der Waals surface area contributed by atoms with Crippen LogP contribution in [0.4, 0.5) is 0 Å². The zero-order valence-corrected chi connectivity index (χ0v) is 12.6. The minimum Gasteiger partial charge on any atom is -0.0651 e. The van der Waals surface area contributed by atoms with Crippen LogP contribution in [0.25, 0.3) is 0 Å². The minimum absolute atomic E-state index is 0.943. The highest BCUT2D eigenvalue weighted by Crippen LogP contribution is 2.49. The van der Waals surface area contributed by atoms with E-state index in [0.717, 1.165) is 41.4 Å². The highest BCUT2D eigenvalue weighted by Gasteiger charge is 2.41. The summed E-state index contributed by atoms with van der Waals surface area (Å²) in [5.74, 6) is 6.98. The molecule has 100 valence electrons. The van der Waals surface area contributed by atoms with E-state index in [9.17, 15) is 0 Å². The van der Waals surface area contributed by atoms with Gasteiger partial charge in [0.05, 0.1) is 0 Å². The average Bonchev–Trinajstić information content (AvgIpc) is 2.35. The van der Waals surface area contributed by atoms with E-state index >= 15 is 0 Å². The van der Waals surface area contributed by atoms with Crippen molar-refractivity contribution in [2.45, 2.75) is 66.7 Å². The van der Waals surface area contributed by atoms with E-state index in [4.69, 9.17) is 0 Å². The summed E-state index contributed by atoms with van der Waals surface area (Å²) in [5, 5.41) is 0. The average molecular weight is 236 g/mol. The highest BCUT2D eigenvalue weighted by atomic mass is 14.5. The van der Waals surface area contributed by atoms with E-state index in [-0.39, 0.29) is 0 Å². The first-order valence-electron chi connectivity index (χ1n) is 8.04. The van der Waals surface area contributed by atoms with E-state index < -0.39 is 0 Å². The molecule has 2 aliphatic rings. The van der Waals surface area contributed by atoms with E-state index in [1.807, 2.05) is 0 Å². The summed E-state index contributed by atoms with van der Waals surface area (Å²) < 4.78 is 0. The van der Waals surface area contributed by atoms with Gasteiger partial charge in [-0.1, -0.05) is 47.5 Å². The Labute approximate surface area is 109 Å². The maximum Gasteiger partial charge on any atom is -0.0357 e. The summed E-state index contributed by atoms with van der Waals surface area (Å²) in [6, 6.07) is 0. The Morgan fingerprint density at radius 1 is 0.882 bits per heavy atom. The van der Waals surface area contributed by atoms with E-state index in [1.165, 1.54) is 32.1 Å². The molecular formula is C17H32. The highest BCUT2D eigenvalue weighted by molar-refractivity contribution is 4.90. The molecule has 2 rings (SSSR count). The molecule has 0 heteroatoms. The second-order valence-corrected chi connectivity index (χ2v) is 7.35. The number of hydrogen-bond acceptors (Lipinski definition) is 0. The summed E-state index contributed by atoms with van der Waals surface area (Å²) >= 11 is 0. The van der Waals surface area contributed by atoms with Crippen molar-refractivity contribution < 1.29 is 0 Å². The van der Waals surface area contributed by atoms with Crippen molar-refractivity contribution in [2.75, 3.05) is 0 Å². The molecule has 0 aromatic heterocycles. The van der Waals surface area contributed by atoms with Crippen LogP contribution in [-0.2, 0) is 0 Å². The van der Waals surface area contributed by atoms with Crippen LogP contribution in [0.2, 0.25) is 0 Å². The third kappa shape index (κ3) is 2.56. The van der Waals surface area contributed by atoms with E-state index in [0.29, 0.717) is 0 Å². The third-order valence-electron chi connectivity index (χ3n) is 6.35. The molecule has 2 aliphatic carbocycles. The lowest BCUT2D eigenvalue weighted by Gasteiger charge is -2.43. The van der Waals surface area contributed by atoms with Crippen molar-refractivity contribution in [3.8, 4) is 0 Å². The molecule has 5 atom stereocenters. The molecule has 0 N–H and O–H groups in total. The normalized spacial score (nSPS) is 51.7. The predicted octanol–water partition coefficient (Wildman–Crippen LogP) is 5.38. The summed E-state index contributed by atoms with van der Waals surface area (Å²) in [5.41, 5.74) is 0. The zero-order valence-electron chi connectivity index (χ0n) is 12.6. The van der Waals surface area contributed by atoms with Gasteiger partial charge < -0.3 is 0 Å². The van der Waals surface area contributed by atoms with E-state index in [2.05, 4.69) is 34.6 Å². The lowest BCUT2D eigenvalue weighted by molar-refractivity contribution is 0.0695. The van der Waals surface area contributed by atoms with Crippen LogP contribution in [0.15, 0.2) is 0 Å². The molecule has 0 nitrogen and oxygen atoms in total. The molecule has 0 radical (unpaired) electrons. The summed E-state index contributed by atoms with van der Waals surface area (Å²) in [6.07, 6.45) is 7.43. The molecule has 2 saturated carbocycles. The fourth-order valence-electron chi connectivity index (χ4n) is 4.98. The van der Waals surface area contributed by atoms with Crippen LogP contribution in [0.3, 0.4) is 0 Å². The molecule has 0 aromatic carbocycles. The molecule has 2 fully saturated rings. The molecule has 5 unspecified atom stereocenters. The summed E-state index contributed by atoms with van der Waals surface area (Å²) in [7, 11) is 0. The Morgan fingerprint density at radius 3 is 2.06 bits per heavy atom. The minimum atomic E-state index is 0.943. The van der Waals surface area contributed by atoms with Crippen LogP contribution >= 0.6 is 0 Å². The first-order valence-corrected chi connectivity index (χ1v) is 8.04. The quantitative estimate of drug-likeness (QED) is 0.565. The molecule has 0 saturated heterocycles. The molecule has 0 heterocycles. The molecular weight excluding hydrogens is 204 g/mol. The Kier molecular flexibility index (Phi) is 4.21. The largest absolute Gasteiger partial charge is 0.0651 e. The summed E-state index contributed by atoms with van der Waals surface area (Å²) in [4.78, 5) is 0. The van der Waals surface area contributed by atoms with Gasteiger partial charge in [0, 0.05) is 0 Å². The topological polar surface area (TPSA) is 0 Å². The monoisotopic (exact) mass is 236 g/mol. The first kappa shape index (κ1) is 13.4. The second-order valence-electron chi connectivity index (χ2n) is 7.35. The van der Waals surface area contributed by atoms with Gasteiger partial charge in [-0.2, -0.15) is 0 Å². The van der Waals surface area contributed by atoms with E-state index in [1.54, 1.807) is 0 Å². The van der Waals surface area contributed by atoms with Gasteiger partial charge in [0.25, 0.3) is 0 Å². The zero-order chi connectivity index (χ0) is 12.6. The number of rotatable bonds is 2. The van der Waals surface area contributed by atoms with Crippen LogP contribution in [0.1, 0.15) is 66.7 Å². The van der Waals surface area contributed by atoms with Gasteiger partial charge in [0.2, 0.25) is 0 Å². The SMILES string of the molecule is CCC1C(C)CCC(C2CC(C)C2)C(C)C1C. The smallest absolute Gasteiger partial charge is 0.0357 e. The van der Waals surface area contributed by atoms with Gasteiger partial charge in [0.15, 0.2) is 0 Å². The lowest BCUT2D eigenvalue weighted by atomic mass is 9.63. The maximum absolute atomic E-state index is 2.55. The van der Waals surface area contributed by atoms with Crippen LogP contribution in [0, 0.1) is 41.4 Å². The molecule has 17 heavy (non-hydrogen) atoms. The molecule has 0 aromatic rings.